The summed E-state index contributed by atoms with van der Waals surface area (Å²) in [5.74, 6) is 0. The number of rotatable bonds is 5. The fraction of sp³-hybridized carbons (Fsp3) is 0.167. The van der Waals surface area contributed by atoms with Crippen molar-refractivity contribution in [1.82, 2.24) is 0 Å². The van der Waals surface area contributed by atoms with Crippen LogP contribution >= 0.6 is 0 Å². The van der Waals surface area contributed by atoms with Gasteiger partial charge in [0.05, 0.1) is 5.41 Å². The molecule has 24 heavy (non-hydrogen) atoms. The highest BCUT2D eigenvalue weighted by atomic mass is 14.5. The van der Waals surface area contributed by atoms with Crippen LogP contribution in [-0.2, 0) is 5.41 Å². The van der Waals surface area contributed by atoms with Crippen molar-refractivity contribution in [1.29, 1.82) is 0 Å². The summed E-state index contributed by atoms with van der Waals surface area (Å²) in [6.07, 6.45) is 7.28. The highest BCUT2D eigenvalue weighted by Gasteiger charge is 2.45. The van der Waals surface area contributed by atoms with Gasteiger partial charge in [-0.05, 0) is 46.8 Å². The standard InChI is InChI=1S/C24H24/c1-5-13-22-20(7-3)21-16-11-12-17-23(21)24(22,18(4)6-2)19-14-9-8-10-15-19/h5-6,8-17H,2,4,7H2,1,3H3/b13-5-. The molecule has 1 unspecified atom stereocenters. The molecule has 0 saturated carbocycles. The second kappa shape index (κ2) is 6.49. The van der Waals surface area contributed by atoms with Crippen LogP contribution in [-0.4, -0.2) is 0 Å². The number of hydrogen-bond donors (Lipinski definition) is 0. The number of hydrogen-bond acceptors (Lipinski definition) is 0. The molecule has 0 saturated heterocycles. The van der Waals surface area contributed by atoms with Gasteiger partial charge in [-0.1, -0.05) is 92.9 Å². The quantitative estimate of drug-likeness (QED) is 0.555. The first kappa shape index (κ1) is 16.3. The van der Waals surface area contributed by atoms with Gasteiger partial charge < -0.3 is 0 Å². The van der Waals surface area contributed by atoms with Crippen molar-refractivity contribution in [2.45, 2.75) is 25.7 Å². The monoisotopic (exact) mass is 312 g/mol. The van der Waals surface area contributed by atoms with Crippen LogP contribution in [0.2, 0.25) is 0 Å². The van der Waals surface area contributed by atoms with Crippen molar-refractivity contribution < 1.29 is 0 Å². The van der Waals surface area contributed by atoms with Crippen molar-refractivity contribution in [2.75, 3.05) is 0 Å². The van der Waals surface area contributed by atoms with Gasteiger partial charge in [0, 0.05) is 0 Å². The zero-order valence-corrected chi connectivity index (χ0v) is 14.5. The average Bonchev–Trinajstić information content (AvgIpc) is 2.92. The fourth-order valence-electron chi connectivity index (χ4n) is 4.05. The summed E-state index contributed by atoms with van der Waals surface area (Å²) in [6.45, 7) is 12.8. The topological polar surface area (TPSA) is 0 Å². The predicted octanol–water partition coefficient (Wildman–Crippen LogP) is 6.47. The lowest BCUT2D eigenvalue weighted by molar-refractivity contribution is 0.762. The van der Waals surface area contributed by atoms with E-state index in [1.54, 1.807) is 0 Å². The predicted molar refractivity (Wildman–Crippen MR) is 105 cm³/mol. The maximum Gasteiger partial charge on any atom is 0.0704 e. The van der Waals surface area contributed by atoms with E-state index in [-0.39, 0.29) is 5.41 Å². The summed E-state index contributed by atoms with van der Waals surface area (Å²) in [7, 11) is 0. The summed E-state index contributed by atoms with van der Waals surface area (Å²) in [4.78, 5) is 0. The van der Waals surface area contributed by atoms with Crippen LogP contribution in [0, 0.1) is 0 Å². The van der Waals surface area contributed by atoms with Crippen LogP contribution in [0.4, 0.5) is 0 Å². The third-order valence-electron chi connectivity index (χ3n) is 5.01. The number of fused-ring (bicyclic) bond motifs is 1. The molecule has 0 N–H and O–H groups in total. The van der Waals surface area contributed by atoms with E-state index in [2.05, 4.69) is 93.8 Å². The first-order valence-corrected chi connectivity index (χ1v) is 8.55. The van der Waals surface area contributed by atoms with Gasteiger partial charge in [0.2, 0.25) is 0 Å². The van der Waals surface area contributed by atoms with Crippen molar-refractivity contribution in [3.05, 3.63) is 114 Å². The van der Waals surface area contributed by atoms with Gasteiger partial charge in [-0.2, -0.15) is 0 Å². The molecule has 0 spiro atoms. The molecular formula is C24H24. The minimum atomic E-state index is -0.350. The molecule has 1 aliphatic rings. The van der Waals surface area contributed by atoms with Gasteiger partial charge >= 0.3 is 0 Å². The molecular weight excluding hydrogens is 288 g/mol. The Bertz CT molecular complexity index is 833. The lowest BCUT2D eigenvalue weighted by Gasteiger charge is -2.35. The molecule has 2 aromatic carbocycles. The Hall–Kier alpha value is -2.60. The van der Waals surface area contributed by atoms with E-state index in [0.29, 0.717) is 0 Å². The molecule has 0 radical (unpaired) electrons. The number of allylic oxidation sites excluding steroid dienone is 6. The highest BCUT2D eigenvalue weighted by Crippen LogP contribution is 2.55. The molecule has 0 fully saturated rings. The zero-order valence-electron chi connectivity index (χ0n) is 14.5. The minimum Gasteiger partial charge on any atom is -0.0988 e. The van der Waals surface area contributed by atoms with Gasteiger partial charge in [0.25, 0.3) is 0 Å². The summed E-state index contributed by atoms with van der Waals surface area (Å²) in [6, 6.07) is 19.4. The Labute approximate surface area is 145 Å². The smallest absolute Gasteiger partial charge is 0.0704 e. The van der Waals surface area contributed by atoms with E-state index in [9.17, 15) is 0 Å². The van der Waals surface area contributed by atoms with Crippen molar-refractivity contribution >= 4 is 5.57 Å². The zero-order chi connectivity index (χ0) is 17.2. The van der Waals surface area contributed by atoms with Crippen LogP contribution in [0.1, 0.15) is 37.0 Å². The third kappa shape index (κ3) is 2.14. The van der Waals surface area contributed by atoms with Crippen LogP contribution < -0.4 is 0 Å². The van der Waals surface area contributed by atoms with Gasteiger partial charge in [0.1, 0.15) is 0 Å². The molecule has 3 rings (SSSR count). The second-order valence-corrected chi connectivity index (χ2v) is 6.14. The lowest BCUT2D eigenvalue weighted by Crippen LogP contribution is -2.29. The van der Waals surface area contributed by atoms with E-state index >= 15 is 0 Å². The normalized spacial score (nSPS) is 19.6. The van der Waals surface area contributed by atoms with E-state index in [0.717, 1.165) is 12.0 Å². The van der Waals surface area contributed by atoms with Crippen LogP contribution in [0.5, 0.6) is 0 Å². The second-order valence-electron chi connectivity index (χ2n) is 6.14. The number of benzene rings is 2. The molecule has 2 aromatic rings. The van der Waals surface area contributed by atoms with Gasteiger partial charge in [0.15, 0.2) is 0 Å². The van der Waals surface area contributed by atoms with Crippen LogP contribution in [0.15, 0.2) is 97.1 Å². The highest BCUT2D eigenvalue weighted by molar-refractivity contribution is 5.87. The first-order chi connectivity index (χ1) is 11.7. The molecule has 1 aliphatic carbocycles. The maximum absolute atomic E-state index is 4.42. The molecule has 0 amide bonds. The van der Waals surface area contributed by atoms with Crippen LogP contribution in [0.3, 0.4) is 0 Å². The Morgan fingerprint density at radius 2 is 1.71 bits per heavy atom. The summed E-state index contributed by atoms with van der Waals surface area (Å²) in [5.41, 5.74) is 7.29. The van der Waals surface area contributed by atoms with Gasteiger partial charge in [-0.3, -0.25) is 0 Å². The van der Waals surface area contributed by atoms with E-state index in [1.807, 2.05) is 6.08 Å². The van der Waals surface area contributed by atoms with Gasteiger partial charge in [-0.15, -0.1) is 0 Å². The average molecular weight is 312 g/mol. The van der Waals surface area contributed by atoms with Gasteiger partial charge in [-0.25, -0.2) is 0 Å². The Morgan fingerprint density at radius 3 is 2.33 bits per heavy atom. The fourth-order valence-corrected chi connectivity index (χ4v) is 4.05. The van der Waals surface area contributed by atoms with Crippen molar-refractivity contribution in [3.63, 3.8) is 0 Å². The largest absolute Gasteiger partial charge is 0.0988 e. The van der Waals surface area contributed by atoms with E-state index in [4.69, 9.17) is 0 Å². The molecule has 0 bridgehead atoms. The van der Waals surface area contributed by atoms with Crippen molar-refractivity contribution in [2.24, 2.45) is 0 Å². The van der Waals surface area contributed by atoms with E-state index < -0.39 is 0 Å². The summed E-state index contributed by atoms with van der Waals surface area (Å²) in [5, 5.41) is 0. The molecule has 0 nitrogen and oxygen atoms in total. The van der Waals surface area contributed by atoms with Crippen molar-refractivity contribution in [3.8, 4) is 0 Å². The molecule has 120 valence electrons. The van der Waals surface area contributed by atoms with Crippen LogP contribution in [0.25, 0.3) is 5.57 Å². The summed E-state index contributed by atoms with van der Waals surface area (Å²) >= 11 is 0. The summed E-state index contributed by atoms with van der Waals surface area (Å²) < 4.78 is 0. The minimum absolute atomic E-state index is 0.350. The lowest BCUT2D eigenvalue weighted by atomic mass is 9.66. The molecule has 0 aromatic heterocycles. The Morgan fingerprint density at radius 1 is 1.04 bits per heavy atom. The Balaban J connectivity index is 2.48. The molecule has 0 aliphatic heterocycles. The third-order valence-corrected chi connectivity index (χ3v) is 5.01. The molecule has 0 heteroatoms. The molecule has 0 heterocycles. The first-order valence-electron chi connectivity index (χ1n) is 8.55. The van der Waals surface area contributed by atoms with E-state index in [1.165, 1.54) is 27.8 Å². The maximum atomic E-state index is 4.42. The Kier molecular flexibility index (Phi) is 4.40. The SMILES string of the molecule is C=CC(=C)C1(c2ccccc2)C(/C=C\C)=C(CC)c2ccccc21. The molecule has 1 atom stereocenters.